The molecule has 200 valence electrons. The van der Waals surface area contributed by atoms with E-state index >= 15 is 0 Å². The molecule has 1 saturated carbocycles. The van der Waals surface area contributed by atoms with Crippen molar-refractivity contribution in [1.82, 2.24) is 4.90 Å². The molecule has 3 unspecified atom stereocenters. The Morgan fingerprint density at radius 2 is 1.70 bits per heavy atom. The molecule has 1 fully saturated rings. The summed E-state index contributed by atoms with van der Waals surface area (Å²) in [7, 11) is 3.47. The van der Waals surface area contributed by atoms with Crippen molar-refractivity contribution in [3.8, 4) is 17.6 Å². The van der Waals surface area contributed by atoms with Crippen molar-refractivity contribution in [2.24, 2.45) is 5.92 Å². The van der Waals surface area contributed by atoms with Crippen molar-refractivity contribution in [2.75, 3.05) is 47.1 Å². The molecule has 2 aromatic rings. The van der Waals surface area contributed by atoms with Crippen LogP contribution in [-0.4, -0.2) is 62.7 Å². The van der Waals surface area contributed by atoms with Crippen molar-refractivity contribution in [2.45, 2.75) is 63.0 Å². The lowest BCUT2D eigenvalue weighted by Crippen LogP contribution is -2.50. The summed E-state index contributed by atoms with van der Waals surface area (Å²) in [6.07, 6.45) is 5.54. The zero-order valence-corrected chi connectivity index (χ0v) is 22.8. The predicted octanol–water partition coefficient (Wildman–Crippen LogP) is 4.99. The van der Waals surface area contributed by atoms with E-state index in [4.69, 9.17) is 14.2 Å². The smallest absolute Gasteiger partial charge is 0.125 e. The number of benzene rings is 2. The molecule has 5 nitrogen and oxygen atoms in total. The number of aryl methyl sites for hydroxylation is 1. The van der Waals surface area contributed by atoms with Gasteiger partial charge in [-0.25, -0.2) is 0 Å². The summed E-state index contributed by atoms with van der Waals surface area (Å²) in [6.45, 7) is 6.52. The van der Waals surface area contributed by atoms with E-state index in [0.717, 1.165) is 63.9 Å². The number of ether oxygens (including phenoxy) is 3. The third-order valence-electron chi connectivity index (χ3n) is 8.39. The van der Waals surface area contributed by atoms with Crippen LogP contribution in [-0.2, 0) is 27.9 Å². The number of rotatable bonds is 12. The molecule has 0 saturated heterocycles. The molecular weight excluding hydrogens is 462 g/mol. The van der Waals surface area contributed by atoms with Crippen molar-refractivity contribution in [3.05, 3.63) is 65.2 Å². The van der Waals surface area contributed by atoms with E-state index < -0.39 is 5.60 Å². The highest BCUT2D eigenvalue weighted by Gasteiger charge is 2.51. The molecule has 0 bridgehead atoms. The third-order valence-corrected chi connectivity index (χ3v) is 8.39. The SMILES string of the molecule is CC#CC1(O)CCC2(CCOc3ccc(CN(CCOC)CCOC)cc3)c3ccccc3CCC2C1. The van der Waals surface area contributed by atoms with Crippen molar-refractivity contribution < 1.29 is 19.3 Å². The average Bonchev–Trinajstić information content (AvgIpc) is 2.91. The Morgan fingerprint density at radius 3 is 2.41 bits per heavy atom. The van der Waals surface area contributed by atoms with Gasteiger partial charge in [0.05, 0.1) is 19.8 Å². The Bertz CT molecular complexity index is 1050. The summed E-state index contributed by atoms with van der Waals surface area (Å²) in [5.41, 5.74) is 3.36. The van der Waals surface area contributed by atoms with E-state index in [2.05, 4.69) is 65.3 Å². The maximum atomic E-state index is 11.1. The second-order valence-electron chi connectivity index (χ2n) is 10.7. The lowest BCUT2D eigenvalue weighted by Gasteiger charge is -2.52. The van der Waals surface area contributed by atoms with Crippen LogP contribution in [0, 0.1) is 17.8 Å². The van der Waals surface area contributed by atoms with Gasteiger partial charge in [0, 0.05) is 39.3 Å². The highest BCUT2D eigenvalue weighted by molar-refractivity contribution is 5.40. The molecule has 0 aliphatic heterocycles. The molecule has 0 aromatic heterocycles. The van der Waals surface area contributed by atoms with Crippen LogP contribution in [0.5, 0.6) is 5.75 Å². The number of methoxy groups -OCH3 is 2. The van der Waals surface area contributed by atoms with E-state index in [1.807, 2.05) is 6.92 Å². The number of nitrogens with zero attached hydrogens (tertiary/aromatic N) is 1. The minimum absolute atomic E-state index is 0.0413. The Labute approximate surface area is 223 Å². The summed E-state index contributed by atoms with van der Waals surface area (Å²) >= 11 is 0. The summed E-state index contributed by atoms with van der Waals surface area (Å²) in [6, 6.07) is 17.4. The topological polar surface area (TPSA) is 51.2 Å². The number of fused-ring (bicyclic) bond motifs is 3. The molecule has 37 heavy (non-hydrogen) atoms. The van der Waals surface area contributed by atoms with Gasteiger partial charge in [-0.2, -0.15) is 0 Å². The van der Waals surface area contributed by atoms with Gasteiger partial charge in [0.15, 0.2) is 0 Å². The first-order valence-corrected chi connectivity index (χ1v) is 13.7. The van der Waals surface area contributed by atoms with E-state index in [0.29, 0.717) is 25.7 Å². The summed E-state index contributed by atoms with van der Waals surface area (Å²) < 4.78 is 16.8. The zero-order valence-electron chi connectivity index (χ0n) is 22.8. The second-order valence-corrected chi connectivity index (χ2v) is 10.7. The van der Waals surface area contributed by atoms with E-state index in [9.17, 15) is 5.11 Å². The highest BCUT2D eigenvalue weighted by Crippen LogP contribution is 2.54. The van der Waals surface area contributed by atoms with Crippen LogP contribution in [0.15, 0.2) is 48.5 Å². The first-order chi connectivity index (χ1) is 18.0. The molecule has 4 rings (SSSR count). The molecule has 0 spiro atoms. The van der Waals surface area contributed by atoms with Gasteiger partial charge in [-0.15, -0.1) is 5.92 Å². The van der Waals surface area contributed by atoms with Crippen LogP contribution in [0.3, 0.4) is 0 Å². The van der Waals surface area contributed by atoms with E-state index in [1.54, 1.807) is 14.2 Å². The lowest BCUT2D eigenvalue weighted by molar-refractivity contribution is -0.0143. The van der Waals surface area contributed by atoms with Crippen LogP contribution in [0.2, 0.25) is 0 Å². The Hall–Kier alpha value is -2.36. The third kappa shape index (κ3) is 6.75. The summed E-state index contributed by atoms with van der Waals surface area (Å²) in [5.74, 6) is 7.40. The van der Waals surface area contributed by atoms with Gasteiger partial charge < -0.3 is 19.3 Å². The van der Waals surface area contributed by atoms with E-state index in [1.165, 1.54) is 16.7 Å². The minimum atomic E-state index is -0.855. The quantitative estimate of drug-likeness (QED) is 0.412. The highest BCUT2D eigenvalue weighted by atomic mass is 16.5. The van der Waals surface area contributed by atoms with Gasteiger partial charge in [-0.1, -0.05) is 42.3 Å². The van der Waals surface area contributed by atoms with Gasteiger partial charge in [-0.05, 0) is 80.2 Å². The van der Waals surface area contributed by atoms with Crippen LogP contribution < -0.4 is 4.74 Å². The molecule has 0 amide bonds. The van der Waals surface area contributed by atoms with Gasteiger partial charge in [0.25, 0.3) is 0 Å². The first kappa shape index (κ1) is 27.7. The van der Waals surface area contributed by atoms with Gasteiger partial charge >= 0.3 is 0 Å². The van der Waals surface area contributed by atoms with Crippen LogP contribution in [0.4, 0.5) is 0 Å². The molecule has 5 heteroatoms. The van der Waals surface area contributed by atoms with Gasteiger partial charge in [-0.3, -0.25) is 4.90 Å². The zero-order chi connectivity index (χ0) is 26.1. The fraction of sp³-hybridized carbons (Fsp3) is 0.562. The largest absolute Gasteiger partial charge is 0.494 e. The predicted molar refractivity (Wildman–Crippen MR) is 148 cm³/mol. The maximum Gasteiger partial charge on any atom is 0.125 e. The first-order valence-electron chi connectivity index (χ1n) is 13.7. The number of hydrogen-bond donors (Lipinski definition) is 1. The molecule has 2 aliphatic carbocycles. The summed E-state index contributed by atoms with van der Waals surface area (Å²) in [4.78, 5) is 2.34. The maximum absolute atomic E-state index is 11.1. The fourth-order valence-electron chi connectivity index (χ4n) is 6.45. The van der Waals surface area contributed by atoms with Crippen molar-refractivity contribution >= 4 is 0 Å². The number of hydrogen-bond acceptors (Lipinski definition) is 5. The van der Waals surface area contributed by atoms with Crippen LogP contribution in [0.25, 0.3) is 0 Å². The number of aliphatic hydroxyl groups is 1. The standard InChI is InChI=1S/C32H43NO4/c1-4-15-31(34)16-17-32(28(24-31)12-11-27-7-5-6-8-30(27)32)18-21-37-29-13-9-26(10-14-29)25-33(19-22-35-2)20-23-36-3/h5-10,13-14,28,34H,11-12,16-25H2,1-3H3. The van der Waals surface area contributed by atoms with Gasteiger partial charge in [0.1, 0.15) is 11.4 Å². The van der Waals surface area contributed by atoms with Crippen molar-refractivity contribution in [1.29, 1.82) is 0 Å². The lowest BCUT2D eigenvalue weighted by atomic mass is 9.53. The average molecular weight is 506 g/mol. The van der Waals surface area contributed by atoms with Crippen LogP contribution in [0.1, 0.15) is 55.7 Å². The van der Waals surface area contributed by atoms with E-state index in [-0.39, 0.29) is 5.41 Å². The van der Waals surface area contributed by atoms with Crippen LogP contribution >= 0.6 is 0 Å². The molecular formula is C32H43NO4. The molecule has 2 aromatic carbocycles. The Kier molecular flexibility index (Phi) is 9.67. The fourth-order valence-corrected chi connectivity index (χ4v) is 6.45. The monoisotopic (exact) mass is 505 g/mol. The molecule has 2 aliphatic rings. The molecule has 3 atom stereocenters. The molecule has 0 radical (unpaired) electrons. The second kappa shape index (κ2) is 12.9. The summed E-state index contributed by atoms with van der Waals surface area (Å²) in [5, 5.41) is 11.1. The van der Waals surface area contributed by atoms with Gasteiger partial charge in [0.2, 0.25) is 0 Å². The minimum Gasteiger partial charge on any atom is -0.494 e. The molecule has 0 heterocycles. The molecule has 1 N–H and O–H groups in total. The van der Waals surface area contributed by atoms with Crippen molar-refractivity contribution in [3.63, 3.8) is 0 Å². The Morgan fingerprint density at radius 1 is 0.973 bits per heavy atom. The Balaban J connectivity index is 1.41. The normalized spacial score (nSPS) is 24.6.